The van der Waals surface area contributed by atoms with Crippen LogP contribution < -0.4 is 5.73 Å². The molecule has 0 atom stereocenters. The molecule has 0 saturated carbocycles. The van der Waals surface area contributed by atoms with Crippen molar-refractivity contribution >= 4 is 5.82 Å². The molecule has 0 spiro atoms. The summed E-state index contributed by atoms with van der Waals surface area (Å²) in [5, 5.41) is 13.4. The Morgan fingerprint density at radius 3 is 2.53 bits per heavy atom. The standard InChI is InChI=1S/C11H12N2O2/c1-6-3-7(2)11(8(14)4-6)9-5-10(12)13-15-9/h3-5,14H,1-2H3,(H2,12,13). The van der Waals surface area contributed by atoms with E-state index in [1.165, 1.54) is 0 Å². The summed E-state index contributed by atoms with van der Waals surface area (Å²) in [6, 6.07) is 5.24. The van der Waals surface area contributed by atoms with Crippen LogP contribution in [0.3, 0.4) is 0 Å². The number of nitrogen functional groups attached to an aromatic ring is 1. The number of nitrogens with two attached hydrogens (primary N) is 1. The van der Waals surface area contributed by atoms with Gasteiger partial charge in [-0.1, -0.05) is 11.2 Å². The zero-order valence-electron chi connectivity index (χ0n) is 8.61. The van der Waals surface area contributed by atoms with Crippen LogP contribution in [0, 0.1) is 13.8 Å². The van der Waals surface area contributed by atoms with E-state index in [0.717, 1.165) is 11.1 Å². The van der Waals surface area contributed by atoms with Crippen molar-refractivity contribution in [2.75, 3.05) is 5.73 Å². The molecule has 0 unspecified atom stereocenters. The van der Waals surface area contributed by atoms with Gasteiger partial charge in [-0.15, -0.1) is 0 Å². The molecule has 0 fully saturated rings. The molecule has 2 rings (SSSR count). The second kappa shape index (κ2) is 3.31. The third-order valence-corrected chi connectivity index (χ3v) is 2.23. The van der Waals surface area contributed by atoms with Gasteiger partial charge in [-0.25, -0.2) is 0 Å². The van der Waals surface area contributed by atoms with Gasteiger partial charge in [0.25, 0.3) is 0 Å². The highest BCUT2D eigenvalue weighted by Crippen LogP contribution is 2.34. The van der Waals surface area contributed by atoms with Crippen LogP contribution >= 0.6 is 0 Å². The maximum Gasteiger partial charge on any atom is 0.173 e. The molecule has 0 aliphatic heterocycles. The first kappa shape index (κ1) is 9.58. The molecule has 0 aliphatic carbocycles. The van der Waals surface area contributed by atoms with Gasteiger partial charge < -0.3 is 15.4 Å². The molecule has 78 valence electrons. The van der Waals surface area contributed by atoms with Crippen molar-refractivity contribution in [1.82, 2.24) is 5.16 Å². The summed E-state index contributed by atoms with van der Waals surface area (Å²) in [5.41, 5.74) is 8.04. The number of aryl methyl sites for hydroxylation is 2. The molecule has 0 saturated heterocycles. The Kier molecular flexibility index (Phi) is 2.11. The van der Waals surface area contributed by atoms with Crippen molar-refractivity contribution in [1.29, 1.82) is 0 Å². The minimum atomic E-state index is 0.184. The normalized spacial score (nSPS) is 10.5. The van der Waals surface area contributed by atoms with Gasteiger partial charge in [-0.05, 0) is 31.0 Å². The molecule has 4 nitrogen and oxygen atoms in total. The van der Waals surface area contributed by atoms with Gasteiger partial charge in [0.1, 0.15) is 5.75 Å². The smallest absolute Gasteiger partial charge is 0.173 e. The fourth-order valence-corrected chi connectivity index (χ4v) is 1.67. The van der Waals surface area contributed by atoms with E-state index in [1.54, 1.807) is 12.1 Å². The summed E-state index contributed by atoms with van der Waals surface area (Å²) in [4.78, 5) is 0. The largest absolute Gasteiger partial charge is 0.507 e. The number of phenols is 1. The molecule has 4 heteroatoms. The number of rotatable bonds is 1. The molecule has 0 radical (unpaired) electrons. The van der Waals surface area contributed by atoms with Gasteiger partial charge in [0.05, 0.1) is 5.56 Å². The number of hydrogen-bond acceptors (Lipinski definition) is 4. The van der Waals surface area contributed by atoms with E-state index in [-0.39, 0.29) is 5.75 Å². The Hall–Kier alpha value is -1.97. The predicted molar refractivity (Wildman–Crippen MR) is 57.5 cm³/mol. The Labute approximate surface area is 87.3 Å². The lowest BCUT2D eigenvalue weighted by molar-refractivity contribution is 0.428. The first-order valence-electron chi connectivity index (χ1n) is 4.60. The molecule has 1 heterocycles. The minimum Gasteiger partial charge on any atom is -0.507 e. The molecular formula is C11H12N2O2. The number of nitrogens with zero attached hydrogens (tertiary/aromatic N) is 1. The Balaban J connectivity index is 2.62. The van der Waals surface area contributed by atoms with E-state index in [9.17, 15) is 5.11 Å². The number of hydrogen-bond donors (Lipinski definition) is 2. The van der Waals surface area contributed by atoms with Gasteiger partial charge in [-0.2, -0.15) is 0 Å². The van der Waals surface area contributed by atoms with Gasteiger partial charge >= 0.3 is 0 Å². The lowest BCUT2D eigenvalue weighted by Crippen LogP contribution is -1.85. The maximum atomic E-state index is 9.81. The van der Waals surface area contributed by atoms with Gasteiger partial charge in [0, 0.05) is 6.07 Å². The van der Waals surface area contributed by atoms with Crippen LogP contribution in [0.15, 0.2) is 22.7 Å². The molecule has 0 aliphatic rings. The van der Waals surface area contributed by atoms with E-state index in [4.69, 9.17) is 10.3 Å². The number of benzene rings is 1. The highest BCUT2D eigenvalue weighted by atomic mass is 16.5. The van der Waals surface area contributed by atoms with Gasteiger partial charge in [0.2, 0.25) is 0 Å². The van der Waals surface area contributed by atoms with Crippen molar-refractivity contribution in [2.24, 2.45) is 0 Å². The lowest BCUT2D eigenvalue weighted by atomic mass is 10.0. The number of anilines is 1. The summed E-state index contributed by atoms with van der Waals surface area (Å²) in [5.74, 6) is 0.982. The lowest BCUT2D eigenvalue weighted by Gasteiger charge is -2.05. The van der Waals surface area contributed by atoms with Crippen molar-refractivity contribution in [3.63, 3.8) is 0 Å². The fourth-order valence-electron chi connectivity index (χ4n) is 1.67. The van der Waals surface area contributed by atoms with Crippen LogP contribution in [0.4, 0.5) is 5.82 Å². The Bertz CT molecular complexity index is 480. The zero-order chi connectivity index (χ0) is 11.0. The molecule has 2 aromatic rings. The highest BCUT2D eigenvalue weighted by Gasteiger charge is 2.13. The minimum absolute atomic E-state index is 0.184. The van der Waals surface area contributed by atoms with Crippen LogP contribution in [0.2, 0.25) is 0 Å². The van der Waals surface area contributed by atoms with E-state index in [2.05, 4.69) is 5.16 Å². The topological polar surface area (TPSA) is 72.3 Å². The summed E-state index contributed by atoms with van der Waals surface area (Å²) < 4.78 is 5.02. The second-order valence-corrected chi connectivity index (χ2v) is 3.59. The van der Waals surface area contributed by atoms with Crippen molar-refractivity contribution in [2.45, 2.75) is 13.8 Å². The SMILES string of the molecule is Cc1cc(C)c(-c2cc(N)no2)c(O)c1. The van der Waals surface area contributed by atoms with E-state index in [1.807, 2.05) is 19.9 Å². The second-order valence-electron chi connectivity index (χ2n) is 3.59. The predicted octanol–water partition coefficient (Wildman–Crippen LogP) is 2.25. The van der Waals surface area contributed by atoms with Crippen LogP contribution in [-0.2, 0) is 0 Å². The monoisotopic (exact) mass is 204 g/mol. The molecule has 1 aromatic carbocycles. The van der Waals surface area contributed by atoms with Crippen molar-refractivity contribution in [3.8, 4) is 17.1 Å². The number of aromatic hydroxyl groups is 1. The number of aromatic nitrogens is 1. The van der Waals surface area contributed by atoms with Gasteiger partial charge in [-0.3, -0.25) is 0 Å². The molecule has 3 N–H and O–H groups in total. The van der Waals surface area contributed by atoms with E-state index in [0.29, 0.717) is 17.1 Å². The van der Waals surface area contributed by atoms with Crippen LogP contribution in [0.25, 0.3) is 11.3 Å². The molecule has 0 bridgehead atoms. The number of phenolic OH excluding ortho intramolecular Hbond substituents is 1. The van der Waals surface area contributed by atoms with Crippen LogP contribution in [0.5, 0.6) is 5.75 Å². The third-order valence-electron chi connectivity index (χ3n) is 2.23. The van der Waals surface area contributed by atoms with Crippen molar-refractivity contribution in [3.05, 3.63) is 29.3 Å². The maximum absolute atomic E-state index is 9.81. The average Bonchev–Trinajstić information content (AvgIpc) is 2.49. The quantitative estimate of drug-likeness (QED) is 0.747. The first-order chi connectivity index (χ1) is 7.08. The third kappa shape index (κ3) is 1.66. The van der Waals surface area contributed by atoms with Crippen LogP contribution in [0.1, 0.15) is 11.1 Å². The molecular weight excluding hydrogens is 192 g/mol. The van der Waals surface area contributed by atoms with Crippen molar-refractivity contribution < 1.29 is 9.63 Å². The summed E-state index contributed by atoms with van der Waals surface area (Å²) >= 11 is 0. The molecule has 1 aromatic heterocycles. The average molecular weight is 204 g/mol. The Morgan fingerprint density at radius 2 is 2.00 bits per heavy atom. The Morgan fingerprint density at radius 1 is 1.27 bits per heavy atom. The first-order valence-corrected chi connectivity index (χ1v) is 4.60. The van der Waals surface area contributed by atoms with Crippen LogP contribution in [-0.4, -0.2) is 10.3 Å². The van der Waals surface area contributed by atoms with Gasteiger partial charge in [0.15, 0.2) is 11.6 Å². The fraction of sp³-hybridized carbons (Fsp3) is 0.182. The molecule has 0 amide bonds. The molecule has 15 heavy (non-hydrogen) atoms. The summed E-state index contributed by atoms with van der Waals surface area (Å²) in [6.07, 6.45) is 0. The summed E-state index contributed by atoms with van der Waals surface area (Å²) in [7, 11) is 0. The summed E-state index contributed by atoms with van der Waals surface area (Å²) in [6.45, 7) is 3.83. The van der Waals surface area contributed by atoms with E-state index >= 15 is 0 Å². The zero-order valence-corrected chi connectivity index (χ0v) is 8.61. The highest BCUT2D eigenvalue weighted by molar-refractivity contribution is 5.71. The van der Waals surface area contributed by atoms with E-state index < -0.39 is 0 Å².